The van der Waals surface area contributed by atoms with Gasteiger partial charge in [-0.3, -0.25) is 14.1 Å². The molecule has 1 amide bonds. The lowest BCUT2D eigenvalue weighted by atomic mass is 9.94. The normalized spacial score (nSPS) is 15.5. The maximum Gasteiger partial charge on any atom is 0.256 e. The number of hydrogen-bond acceptors (Lipinski definition) is 7. The van der Waals surface area contributed by atoms with Crippen LogP contribution < -0.4 is 11.1 Å². The number of anilines is 2. The van der Waals surface area contributed by atoms with Gasteiger partial charge in [-0.15, -0.1) is 5.92 Å². The number of nitrogens with zero attached hydrogens (tertiary/aromatic N) is 6. The molecule has 1 aromatic carbocycles. The average Bonchev–Trinajstić information content (AvgIpc) is 3.33. The summed E-state index contributed by atoms with van der Waals surface area (Å²) in [6.07, 6.45) is 5.33. The summed E-state index contributed by atoms with van der Waals surface area (Å²) in [4.78, 5) is 28.6. The molecular weight excluding hydrogens is 464 g/mol. The number of piperidine rings is 1. The fourth-order valence-electron chi connectivity index (χ4n) is 4.78. The summed E-state index contributed by atoms with van der Waals surface area (Å²) < 4.78 is 1.80. The number of nitrogens with one attached hydrogen (secondary N) is 1. The molecule has 4 heterocycles. The lowest BCUT2D eigenvalue weighted by Crippen LogP contribution is -2.34. The molecule has 0 bridgehead atoms. The number of hydrogen-bond donors (Lipinski definition) is 2. The molecule has 1 fully saturated rings. The lowest BCUT2D eigenvalue weighted by Gasteiger charge is -2.30. The number of likely N-dealkylation sites (tertiary alicyclic amines) is 1. The number of nitrogens with two attached hydrogens (primary N) is 1. The molecule has 0 radical (unpaired) electrons. The maximum absolute atomic E-state index is 12.8. The van der Waals surface area contributed by atoms with Crippen molar-refractivity contribution in [3.05, 3.63) is 71.7 Å². The largest absolute Gasteiger partial charge is 0.369 e. The molecule has 0 saturated carbocycles. The standard InChI is InChI=1S/C28H26N8O/c1-2-3-14-35-15-6-7-20(18-35)25-23-11-13-32-28(30)36(23)26(34-25)22-10-9-19(16-21(22)17-29)27(37)33-24-8-4-5-12-31-24/h4-5,8-13,16,20H,6-7,14-15,18H2,1H3,(H2,30,32)(H,31,33,37). The zero-order chi connectivity index (χ0) is 25.8. The lowest BCUT2D eigenvalue weighted by molar-refractivity contribution is 0.102. The minimum atomic E-state index is -0.353. The second kappa shape index (κ2) is 10.5. The van der Waals surface area contributed by atoms with E-state index in [1.165, 1.54) is 0 Å². The summed E-state index contributed by atoms with van der Waals surface area (Å²) in [5, 5.41) is 12.7. The van der Waals surface area contributed by atoms with Gasteiger partial charge in [0.15, 0.2) is 0 Å². The van der Waals surface area contributed by atoms with E-state index < -0.39 is 0 Å². The molecule has 3 aromatic heterocycles. The number of amides is 1. The van der Waals surface area contributed by atoms with E-state index in [0.717, 1.165) is 43.7 Å². The molecule has 0 spiro atoms. The van der Waals surface area contributed by atoms with Crippen molar-refractivity contribution < 1.29 is 4.79 Å². The van der Waals surface area contributed by atoms with Gasteiger partial charge < -0.3 is 11.1 Å². The highest BCUT2D eigenvalue weighted by Gasteiger charge is 2.27. The number of fused-ring (bicyclic) bond motifs is 1. The third kappa shape index (κ3) is 4.86. The molecule has 3 N–H and O–H groups in total. The van der Waals surface area contributed by atoms with Crippen molar-refractivity contribution in [1.29, 1.82) is 5.26 Å². The average molecular weight is 491 g/mol. The predicted octanol–water partition coefficient (Wildman–Crippen LogP) is 3.70. The van der Waals surface area contributed by atoms with E-state index in [-0.39, 0.29) is 17.8 Å². The van der Waals surface area contributed by atoms with Crippen LogP contribution in [0.1, 0.15) is 47.3 Å². The third-order valence-corrected chi connectivity index (χ3v) is 6.53. The molecule has 1 aliphatic rings. The highest BCUT2D eigenvalue weighted by atomic mass is 16.1. The molecule has 1 aliphatic heterocycles. The summed E-state index contributed by atoms with van der Waals surface area (Å²) >= 11 is 0. The Kier molecular flexibility index (Phi) is 6.80. The SMILES string of the molecule is CC#CCN1CCCC(c2nc(-c3ccc(C(=O)Nc4ccccn4)cc3C#N)n3c(N)nccc23)C1. The third-order valence-electron chi connectivity index (χ3n) is 6.53. The van der Waals surface area contributed by atoms with E-state index in [2.05, 4.69) is 38.1 Å². The van der Waals surface area contributed by atoms with Crippen molar-refractivity contribution >= 4 is 23.2 Å². The van der Waals surface area contributed by atoms with Gasteiger partial charge in [-0.2, -0.15) is 5.26 Å². The van der Waals surface area contributed by atoms with Crippen molar-refractivity contribution in [2.75, 3.05) is 30.7 Å². The molecule has 9 heteroatoms. The van der Waals surface area contributed by atoms with Gasteiger partial charge in [-0.25, -0.2) is 15.0 Å². The van der Waals surface area contributed by atoms with Crippen molar-refractivity contribution in [3.8, 4) is 29.3 Å². The first-order chi connectivity index (χ1) is 18.1. The van der Waals surface area contributed by atoms with Gasteiger partial charge in [0, 0.05) is 36.0 Å². The number of carbonyl (C=O) groups excluding carboxylic acids is 1. The fraction of sp³-hybridized carbons (Fsp3) is 0.250. The van der Waals surface area contributed by atoms with Gasteiger partial charge in [0.1, 0.15) is 11.6 Å². The Bertz CT molecular complexity index is 1560. The summed E-state index contributed by atoms with van der Waals surface area (Å²) in [5.41, 5.74) is 9.37. The molecule has 37 heavy (non-hydrogen) atoms. The Labute approximate surface area is 215 Å². The zero-order valence-corrected chi connectivity index (χ0v) is 20.5. The Balaban J connectivity index is 1.53. The number of benzene rings is 1. The van der Waals surface area contributed by atoms with E-state index >= 15 is 0 Å². The van der Waals surface area contributed by atoms with Gasteiger partial charge >= 0.3 is 0 Å². The van der Waals surface area contributed by atoms with Crippen LogP contribution in [0.4, 0.5) is 11.8 Å². The second-order valence-corrected chi connectivity index (χ2v) is 8.89. The smallest absolute Gasteiger partial charge is 0.256 e. The van der Waals surface area contributed by atoms with Crippen LogP contribution in [0.5, 0.6) is 0 Å². The number of nitriles is 1. The van der Waals surface area contributed by atoms with E-state index in [0.29, 0.717) is 28.3 Å². The summed E-state index contributed by atoms with van der Waals surface area (Å²) in [6, 6.07) is 14.4. The Morgan fingerprint density at radius 3 is 2.89 bits per heavy atom. The van der Waals surface area contributed by atoms with Gasteiger partial charge in [0.05, 0.1) is 29.4 Å². The van der Waals surface area contributed by atoms with Crippen LogP contribution in [-0.2, 0) is 0 Å². The van der Waals surface area contributed by atoms with Gasteiger partial charge in [0.2, 0.25) is 5.95 Å². The van der Waals surface area contributed by atoms with Gasteiger partial charge in [0.25, 0.3) is 5.91 Å². The minimum Gasteiger partial charge on any atom is -0.369 e. The Morgan fingerprint density at radius 1 is 1.22 bits per heavy atom. The number of imidazole rings is 1. The number of carbonyl (C=O) groups is 1. The fourth-order valence-corrected chi connectivity index (χ4v) is 4.78. The van der Waals surface area contributed by atoms with Gasteiger partial charge in [-0.05, 0) is 62.7 Å². The van der Waals surface area contributed by atoms with Crippen molar-refractivity contribution in [3.63, 3.8) is 0 Å². The number of rotatable bonds is 5. The molecule has 1 saturated heterocycles. The quantitative estimate of drug-likeness (QED) is 0.409. The molecule has 1 unspecified atom stereocenters. The molecule has 0 aliphatic carbocycles. The number of nitrogen functional groups attached to an aromatic ring is 1. The molecule has 4 aromatic rings. The monoisotopic (exact) mass is 490 g/mol. The first-order valence-electron chi connectivity index (χ1n) is 12.1. The van der Waals surface area contributed by atoms with Crippen LogP contribution in [-0.4, -0.2) is 49.8 Å². The number of aromatic nitrogens is 4. The topological polar surface area (TPSA) is 125 Å². The molecule has 1 atom stereocenters. The first kappa shape index (κ1) is 24.0. The summed E-state index contributed by atoms with van der Waals surface area (Å²) in [7, 11) is 0. The van der Waals surface area contributed by atoms with Crippen molar-refractivity contribution in [1.82, 2.24) is 24.3 Å². The Hall–Kier alpha value is -4.73. The van der Waals surface area contributed by atoms with Crippen LogP contribution in [0.3, 0.4) is 0 Å². The molecule has 184 valence electrons. The first-order valence-corrected chi connectivity index (χ1v) is 12.1. The van der Waals surface area contributed by atoms with Crippen LogP contribution in [0, 0.1) is 23.2 Å². The maximum atomic E-state index is 12.8. The number of pyridine rings is 1. The van der Waals surface area contributed by atoms with Crippen LogP contribution in [0.25, 0.3) is 16.9 Å². The van der Waals surface area contributed by atoms with E-state index in [9.17, 15) is 10.1 Å². The summed E-state index contributed by atoms with van der Waals surface area (Å²) in [5.74, 6) is 7.24. The van der Waals surface area contributed by atoms with Crippen molar-refractivity contribution in [2.24, 2.45) is 0 Å². The molecule has 9 nitrogen and oxygen atoms in total. The van der Waals surface area contributed by atoms with Crippen LogP contribution in [0.15, 0.2) is 54.9 Å². The summed E-state index contributed by atoms with van der Waals surface area (Å²) in [6.45, 7) is 4.44. The van der Waals surface area contributed by atoms with Crippen molar-refractivity contribution in [2.45, 2.75) is 25.7 Å². The highest BCUT2D eigenvalue weighted by molar-refractivity contribution is 6.04. The van der Waals surface area contributed by atoms with E-state index in [1.807, 2.05) is 13.0 Å². The van der Waals surface area contributed by atoms with Crippen LogP contribution in [0.2, 0.25) is 0 Å². The predicted molar refractivity (Wildman–Crippen MR) is 142 cm³/mol. The van der Waals surface area contributed by atoms with Gasteiger partial charge in [-0.1, -0.05) is 12.0 Å². The molecule has 5 rings (SSSR count). The molecular formula is C28H26N8O. The second-order valence-electron chi connectivity index (χ2n) is 8.89. The van der Waals surface area contributed by atoms with E-state index in [4.69, 9.17) is 10.7 Å². The van der Waals surface area contributed by atoms with E-state index in [1.54, 1.807) is 53.2 Å². The highest BCUT2D eigenvalue weighted by Crippen LogP contribution is 2.34. The Morgan fingerprint density at radius 2 is 2.11 bits per heavy atom. The minimum absolute atomic E-state index is 0.201. The van der Waals surface area contributed by atoms with Crippen LogP contribution >= 0.6 is 0 Å². The zero-order valence-electron chi connectivity index (χ0n) is 20.5.